The van der Waals surface area contributed by atoms with Gasteiger partial charge in [0.25, 0.3) is 0 Å². The molecule has 15 heavy (non-hydrogen) atoms. The third-order valence-electron chi connectivity index (χ3n) is 2.15. The molecule has 4 heteroatoms. The van der Waals surface area contributed by atoms with E-state index in [0.29, 0.717) is 6.54 Å². The van der Waals surface area contributed by atoms with E-state index >= 15 is 0 Å². The minimum absolute atomic E-state index is 0.108. The highest BCUT2D eigenvalue weighted by Crippen LogP contribution is 2.27. The first-order valence-corrected chi connectivity index (χ1v) is 5.49. The summed E-state index contributed by atoms with van der Waals surface area (Å²) in [6.07, 6.45) is 3.73. The second-order valence-electron chi connectivity index (χ2n) is 3.20. The number of aliphatic hydroxyl groups excluding tert-OH is 1. The predicted octanol–water partition coefficient (Wildman–Crippen LogP) is 2.30. The predicted molar refractivity (Wildman–Crippen MR) is 62.4 cm³/mol. The summed E-state index contributed by atoms with van der Waals surface area (Å²) in [6, 6.07) is 8.00. The molecule has 0 spiro atoms. The van der Waals surface area contributed by atoms with Gasteiger partial charge in [-0.2, -0.15) is 5.10 Å². The van der Waals surface area contributed by atoms with Crippen molar-refractivity contribution in [2.45, 2.75) is 6.54 Å². The van der Waals surface area contributed by atoms with Crippen molar-refractivity contribution < 1.29 is 5.11 Å². The van der Waals surface area contributed by atoms with Crippen molar-refractivity contribution in [3.63, 3.8) is 0 Å². The van der Waals surface area contributed by atoms with E-state index in [2.05, 4.69) is 21.0 Å². The molecule has 0 unspecified atom stereocenters. The lowest BCUT2D eigenvalue weighted by Gasteiger charge is -1.99. The van der Waals surface area contributed by atoms with Gasteiger partial charge in [0.1, 0.15) is 0 Å². The van der Waals surface area contributed by atoms with E-state index < -0.39 is 0 Å². The molecule has 0 fully saturated rings. The van der Waals surface area contributed by atoms with Gasteiger partial charge in [0.2, 0.25) is 0 Å². The summed E-state index contributed by atoms with van der Waals surface area (Å²) >= 11 is 3.49. The maximum Gasteiger partial charge on any atom is 0.0641 e. The van der Waals surface area contributed by atoms with E-state index in [4.69, 9.17) is 5.11 Å². The Morgan fingerprint density at radius 3 is 2.87 bits per heavy atom. The third-order valence-corrected chi connectivity index (χ3v) is 2.84. The summed E-state index contributed by atoms with van der Waals surface area (Å²) in [6.45, 7) is 0.640. The van der Waals surface area contributed by atoms with Crippen LogP contribution in [0.15, 0.2) is 41.1 Å². The Kier molecular flexibility index (Phi) is 3.18. The summed E-state index contributed by atoms with van der Waals surface area (Å²) in [5, 5.41) is 12.9. The van der Waals surface area contributed by atoms with E-state index in [9.17, 15) is 0 Å². The number of hydrogen-bond acceptors (Lipinski definition) is 2. The van der Waals surface area contributed by atoms with E-state index in [1.807, 2.05) is 30.5 Å². The lowest BCUT2D eigenvalue weighted by atomic mass is 10.1. The van der Waals surface area contributed by atoms with Gasteiger partial charge in [0.15, 0.2) is 0 Å². The second-order valence-corrected chi connectivity index (χ2v) is 4.05. The highest BCUT2D eigenvalue weighted by molar-refractivity contribution is 9.10. The molecule has 0 aliphatic rings. The number of hydrogen-bond donors (Lipinski definition) is 1. The van der Waals surface area contributed by atoms with Crippen LogP contribution in [0.1, 0.15) is 0 Å². The van der Waals surface area contributed by atoms with E-state index in [1.165, 1.54) is 0 Å². The quantitative estimate of drug-likeness (QED) is 0.926. The summed E-state index contributed by atoms with van der Waals surface area (Å²) < 4.78 is 2.78. The SMILES string of the molecule is OCCn1cc(-c2ccccc2Br)cn1. The summed E-state index contributed by atoms with van der Waals surface area (Å²) in [5.41, 5.74) is 2.16. The Hall–Kier alpha value is -1.13. The van der Waals surface area contributed by atoms with Gasteiger partial charge < -0.3 is 5.11 Å². The lowest BCUT2D eigenvalue weighted by molar-refractivity contribution is 0.269. The van der Waals surface area contributed by atoms with Crippen molar-refractivity contribution in [2.75, 3.05) is 6.61 Å². The van der Waals surface area contributed by atoms with Gasteiger partial charge in [0, 0.05) is 16.2 Å². The number of nitrogens with zero attached hydrogens (tertiary/aromatic N) is 2. The molecular formula is C11H11BrN2O. The molecule has 0 aliphatic heterocycles. The summed E-state index contributed by atoms with van der Waals surface area (Å²) in [5.74, 6) is 0. The summed E-state index contributed by atoms with van der Waals surface area (Å²) in [4.78, 5) is 0. The van der Waals surface area contributed by atoms with Crippen molar-refractivity contribution in [3.05, 3.63) is 41.1 Å². The average molecular weight is 267 g/mol. The number of aromatic nitrogens is 2. The van der Waals surface area contributed by atoms with Crippen LogP contribution >= 0.6 is 15.9 Å². The molecule has 2 aromatic rings. The Balaban J connectivity index is 2.33. The van der Waals surface area contributed by atoms with Crippen molar-refractivity contribution in [1.29, 1.82) is 0 Å². The van der Waals surface area contributed by atoms with Crippen molar-refractivity contribution in [1.82, 2.24) is 9.78 Å². The molecule has 0 aliphatic carbocycles. The van der Waals surface area contributed by atoms with Gasteiger partial charge in [-0.05, 0) is 11.6 Å². The van der Waals surface area contributed by atoms with Crippen molar-refractivity contribution in [3.8, 4) is 11.1 Å². The van der Waals surface area contributed by atoms with Gasteiger partial charge in [-0.15, -0.1) is 0 Å². The molecule has 3 nitrogen and oxygen atoms in total. The molecule has 0 saturated heterocycles. The topological polar surface area (TPSA) is 38.0 Å². The highest BCUT2D eigenvalue weighted by atomic mass is 79.9. The minimum atomic E-state index is 0.108. The Morgan fingerprint density at radius 2 is 2.13 bits per heavy atom. The summed E-state index contributed by atoms with van der Waals surface area (Å²) in [7, 11) is 0. The Bertz CT molecular complexity index is 453. The molecule has 1 aromatic heterocycles. The molecular weight excluding hydrogens is 256 g/mol. The van der Waals surface area contributed by atoms with Crippen LogP contribution in [0.3, 0.4) is 0 Å². The van der Waals surface area contributed by atoms with E-state index in [-0.39, 0.29) is 6.61 Å². The first-order valence-electron chi connectivity index (χ1n) is 4.69. The molecule has 0 amide bonds. The number of benzene rings is 1. The zero-order valence-electron chi connectivity index (χ0n) is 8.10. The maximum absolute atomic E-state index is 8.78. The fourth-order valence-corrected chi connectivity index (χ4v) is 1.94. The zero-order chi connectivity index (χ0) is 10.7. The number of rotatable bonds is 3. The van der Waals surface area contributed by atoms with Crippen LogP contribution in [0.4, 0.5) is 0 Å². The van der Waals surface area contributed by atoms with E-state index in [0.717, 1.165) is 15.6 Å². The zero-order valence-corrected chi connectivity index (χ0v) is 9.68. The first kappa shape index (κ1) is 10.4. The Morgan fingerprint density at radius 1 is 1.33 bits per heavy atom. The van der Waals surface area contributed by atoms with Gasteiger partial charge in [-0.25, -0.2) is 0 Å². The molecule has 1 heterocycles. The minimum Gasteiger partial charge on any atom is -0.394 e. The van der Waals surface area contributed by atoms with Crippen LogP contribution in [0.2, 0.25) is 0 Å². The third kappa shape index (κ3) is 2.27. The number of halogens is 1. The molecule has 1 N–H and O–H groups in total. The van der Waals surface area contributed by atoms with Crippen molar-refractivity contribution >= 4 is 15.9 Å². The Labute approximate surface area is 96.5 Å². The van der Waals surface area contributed by atoms with Crippen LogP contribution in [0.5, 0.6) is 0 Å². The van der Waals surface area contributed by atoms with Crippen LogP contribution in [0, 0.1) is 0 Å². The van der Waals surface area contributed by atoms with E-state index in [1.54, 1.807) is 10.9 Å². The second kappa shape index (κ2) is 4.59. The van der Waals surface area contributed by atoms with Crippen molar-refractivity contribution in [2.24, 2.45) is 0 Å². The standard InChI is InChI=1S/C11H11BrN2O/c12-11-4-2-1-3-10(11)9-7-13-14(8-9)5-6-15/h1-4,7-8,15H,5-6H2. The highest BCUT2D eigenvalue weighted by Gasteiger charge is 2.04. The molecule has 2 rings (SSSR count). The maximum atomic E-state index is 8.78. The van der Waals surface area contributed by atoms with Crippen LogP contribution in [-0.4, -0.2) is 21.5 Å². The molecule has 0 bridgehead atoms. The van der Waals surface area contributed by atoms with Crippen LogP contribution < -0.4 is 0 Å². The first-order chi connectivity index (χ1) is 7.31. The molecule has 0 radical (unpaired) electrons. The monoisotopic (exact) mass is 266 g/mol. The number of aliphatic hydroxyl groups is 1. The van der Waals surface area contributed by atoms with Gasteiger partial charge in [0.05, 0.1) is 19.3 Å². The van der Waals surface area contributed by atoms with Gasteiger partial charge in [-0.3, -0.25) is 4.68 Å². The normalized spacial score (nSPS) is 10.5. The average Bonchev–Trinajstić information content (AvgIpc) is 2.68. The smallest absolute Gasteiger partial charge is 0.0641 e. The van der Waals surface area contributed by atoms with Gasteiger partial charge in [-0.1, -0.05) is 34.1 Å². The van der Waals surface area contributed by atoms with Crippen LogP contribution in [-0.2, 0) is 6.54 Å². The largest absolute Gasteiger partial charge is 0.394 e. The lowest BCUT2D eigenvalue weighted by Crippen LogP contribution is -2.01. The molecule has 0 saturated carbocycles. The van der Waals surface area contributed by atoms with Gasteiger partial charge >= 0.3 is 0 Å². The molecule has 1 aromatic carbocycles. The fourth-order valence-electron chi connectivity index (χ4n) is 1.42. The fraction of sp³-hybridized carbons (Fsp3) is 0.182. The molecule has 0 atom stereocenters. The van der Waals surface area contributed by atoms with Crippen LogP contribution in [0.25, 0.3) is 11.1 Å². The molecule has 78 valence electrons.